The summed E-state index contributed by atoms with van der Waals surface area (Å²) in [5.74, 6) is -8.19. The Morgan fingerprint density at radius 3 is 1.64 bits per heavy atom. The molecule has 3 unspecified atom stereocenters. The second kappa shape index (κ2) is 21.0. The third kappa shape index (κ3) is 12.0. The largest absolute Gasteiger partial charge is 0.444 e. The van der Waals surface area contributed by atoms with Crippen LogP contribution >= 0.6 is 0 Å². The summed E-state index contributed by atoms with van der Waals surface area (Å²) in [7, 11) is 2.52. The highest BCUT2D eigenvalue weighted by Gasteiger charge is 2.59. The van der Waals surface area contributed by atoms with Gasteiger partial charge >= 0.3 is 12.2 Å². The average molecular weight is 749 g/mol. The van der Waals surface area contributed by atoms with Crippen molar-refractivity contribution in [1.82, 2.24) is 9.80 Å². The van der Waals surface area contributed by atoms with Crippen LogP contribution in [0.2, 0.25) is 0 Å². The van der Waals surface area contributed by atoms with Crippen molar-refractivity contribution >= 4 is 24.0 Å². The van der Waals surface area contributed by atoms with Gasteiger partial charge in [-0.05, 0) is 29.4 Å². The van der Waals surface area contributed by atoms with Gasteiger partial charge in [0, 0.05) is 14.2 Å². The molecule has 2 aromatic rings. The van der Waals surface area contributed by atoms with Crippen molar-refractivity contribution in [3.05, 3.63) is 71.8 Å². The first kappa shape index (κ1) is 43.4. The van der Waals surface area contributed by atoms with E-state index in [0.29, 0.717) is 28.9 Å². The van der Waals surface area contributed by atoms with Gasteiger partial charge in [-0.1, -0.05) is 107 Å². The third-order valence-corrected chi connectivity index (χ3v) is 9.30. The van der Waals surface area contributed by atoms with E-state index in [2.05, 4.69) is 0 Å². The molecule has 13 nitrogen and oxygen atoms in total. The van der Waals surface area contributed by atoms with Crippen LogP contribution in [0.15, 0.2) is 60.7 Å². The number of benzene rings is 2. The molecule has 1 aliphatic carbocycles. The minimum Gasteiger partial charge on any atom is -0.444 e. The van der Waals surface area contributed by atoms with Crippen LogP contribution in [0, 0.1) is 11.8 Å². The van der Waals surface area contributed by atoms with Gasteiger partial charge in [-0.2, -0.15) is 0 Å². The zero-order valence-corrected chi connectivity index (χ0v) is 30.9. The van der Waals surface area contributed by atoms with Crippen LogP contribution in [0.1, 0.15) is 63.5 Å². The maximum absolute atomic E-state index is 17.3. The van der Waals surface area contributed by atoms with Crippen molar-refractivity contribution < 1.29 is 52.0 Å². The average Bonchev–Trinajstić information content (AvgIpc) is 3.15. The molecule has 15 heteroatoms. The molecule has 5 N–H and O–H groups in total. The highest BCUT2D eigenvalue weighted by atomic mass is 19.3. The van der Waals surface area contributed by atoms with Crippen molar-refractivity contribution in [1.29, 1.82) is 0 Å². The standard InChI is InChI=1S/C38H54F2N4O9/c1-25(2)32(44(35(47)30(42)24-51-4)37(49)53-22-28-18-12-7-13-19-28)38(39,40)33(45)31(20-26-14-8-5-9-15-26)43(34(46)29(41)23-50-3)36(48)52-21-27-16-10-6-11-17-27/h6-7,10-13,16-19,25-26,29-33,45H,5,8-9,14-15,20-24,41-42H2,1-4H3/t29-,30-,31?,32?,33?/m0/s1. The molecule has 2 aromatic carbocycles. The Kier molecular flexibility index (Phi) is 17.2. The van der Waals surface area contributed by atoms with E-state index < -0.39 is 72.7 Å². The van der Waals surface area contributed by atoms with Gasteiger partial charge in [-0.3, -0.25) is 9.59 Å². The fraction of sp³-hybridized carbons (Fsp3) is 0.579. The van der Waals surface area contributed by atoms with Gasteiger partial charge in [0.15, 0.2) is 0 Å². The third-order valence-electron chi connectivity index (χ3n) is 9.30. The molecule has 0 aromatic heterocycles. The first-order valence-electron chi connectivity index (χ1n) is 17.9. The molecule has 3 rings (SSSR count). The van der Waals surface area contributed by atoms with Crippen LogP contribution in [0.25, 0.3) is 0 Å². The van der Waals surface area contributed by atoms with E-state index in [-0.39, 0.29) is 37.1 Å². The lowest BCUT2D eigenvalue weighted by Crippen LogP contribution is -2.67. The number of ether oxygens (including phenoxy) is 4. The highest BCUT2D eigenvalue weighted by molar-refractivity contribution is 5.96. The van der Waals surface area contributed by atoms with Crippen molar-refractivity contribution in [2.45, 2.75) is 102 Å². The summed E-state index contributed by atoms with van der Waals surface area (Å²) in [6.07, 6.45) is -2.14. The molecule has 5 atom stereocenters. The second-order valence-electron chi connectivity index (χ2n) is 13.7. The van der Waals surface area contributed by atoms with E-state index in [1.54, 1.807) is 60.7 Å². The predicted molar refractivity (Wildman–Crippen MR) is 191 cm³/mol. The van der Waals surface area contributed by atoms with E-state index in [1.807, 2.05) is 0 Å². The number of amides is 4. The smallest absolute Gasteiger partial charge is 0.417 e. The van der Waals surface area contributed by atoms with Gasteiger partial charge in [-0.25, -0.2) is 28.2 Å². The molecule has 1 saturated carbocycles. The molecule has 0 radical (unpaired) electrons. The van der Waals surface area contributed by atoms with Crippen LogP contribution in [0.3, 0.4) is 0 Å². The first-order valence-corrected chi connectivity index (χ1v) is 17.9. The van der Waals surface area contributed by atoms with Crippen LogP contribution in [-0.2, 0) is 41.8 Å². The van der Waals surface area contributed by atoms with Crippen LogP contribution < -0.4 is 11.5 Å². The van der Waals surface area contributed by atoms with Crippen molar-refractivity contribution in [3.8, 4) is 0 Å². The summed E-state index contributed by atoms with van der Waals surface area (Å²) < 4.78 is 55.5. The van der Waals surface area contributed by atoms with Crippen molar-refractivity contribution in [2.24, 2.45) is 23.3 Å². The minimum atomic E-state index is -4.37. The number of aliphatic hydroxyl groups excluding tert-OH is 1. The Morgan fingerprint density at radius 2 is 1.21 bits per heavy atom. The second-order valence-corrected chi connectivity index (χ2v) is 13.7. The number of carbonyl (C=O) groups is 4. The molecule has 0 saturated heterocycles. The molecule has 0 aliphatic heterocycles. The summed E-state index contributed by atoms with van der Waals surface area (Å²) in [6, 6.07) is 9.57. The summed E-state index contributed by atoms with van der Waals surface area (Å²) in [5.41, 5.74) is 13.2. The number of hydrogen-bond acceptors (Lipinski definition) is 11. The number of methoxy groups -OCH3 is 2. The Balaban J connectivity index is 2.12. The predicted octanol–water partition coefficient (Wildman–Crippen LogP) is 4.62. The van der Waals surface area contributed by atoms with Gasteiger partial charge in [0.25, 0.3) is 17.7 Å². The topological polar surface area (TPSA) is 184 Å². The molecule has 0 spiro atoms. The zero-order valence-electron chi connectivity index (χ0n) is 30.9. The fourth-order valence-electron chi connectivity index (χ4n) is 6.65. The van der Waals surface area contributed by atoms with Gasteiger partial charge in [0.2, 0.25) is 0 Å². The van der Waals surface area contributed by atoms with E-state index in [0.717, 1.165) is 19.3 Å². The number of nitrogens with two attached hydrogens (primary N) is 2. The molecule has 1 fully saturated rings. The lowest BCUT2D eigenvalue weighted by atomic mass is 9.80. The maximum Gasteiger partial charge on any atom is 0.417 e. The van der Waals surface area contributed by atoms with Gasteiger partial charge < -0.3 is 35.5 Å². The normalized spacial score (nSPS) is 16.6. The Morgan fingerprint density at radius 1 is 0.774 bits per heavy atom. The quantitative estimate of drug-likeness (QED) is 0.193. The van der Waals surface area contributed by atoms with E-state index >= 15 is 8.78 Å². The number of alkyl halides is 2. The van der Waals surface area contributed by atoms with Gasteiger partial charge in [0.1, 0.15) is 37.4 Å². The van der Waals surface area contributed by atoms with Crippen molar-refractivity contribution in [3.63, 3.8) is 0 Å². The Labute approximate surface area is 309 Å². The number of nitrogens with zero attached hydrogens (tertiary/aromatic N) is 2. The van der Waals surface area contributed by atoms with Crippen LogP contribution in [0.5, 0.6) is 0 Å². The molecule has 4 amide bonds. The molecular weight excluding hydrogens is 694 g/mol. The molecule has 53 heavy (non-hydrogen) atoms. The van der Waals surface area contributed by atoms with E-state index in [1.165, 1.54) is 28.1 Å². The lowest BCUT2D eigenvalue weighted by Gasteiger charge is -2.44. The summed E-state index contributed by atoms with van der Waals surface area (Å²) >= 11 is 0. The number of imide groups is 2. The van der Waals surface area contributed by atoms with E-state index in [9.17, 15) is 24.3 Å². The van der Waals surface area contributed by atoms with Gasteiger partial charge in [0.05, 0.1) is 19.3 Å². The number of hydrogen-bond donors (Lipinski definition) is 3. The fourth-order valence-corrected chi connectivity index (χ4v) is 6.65. The highest BCUT2D eigenvalue weighted by Crippen LogP contribution is 2.39. The number of halogens is 2. The first-order chi connectivity index (χ1) is 25.2. The molecule has 0 heterocycles. The van der Waals surface area contributed by atoms with E-state index in [4.69, 9.17) is 30.4 Å². The summed E-state index contributed by atoms with van der Waals surface area (Å²) in [4.78, 5) is 55.9. The van der Waals surface area contributed by atoms with Crippen LogP contribution in [0.4, 0.5) is 18.4 Å². The summed E-state index contributed by atoms with van der Waals surface area (Å²) in [6.45, 7) is 1.20. The lowest BCUT2D eigenvalue weighted by molar-refractivity contribution is -0.191. The molecule has 0 bridgehead atoms. The monoisotopic (exact) mass is 748 g/mol. The Bertz CT molecular complexity index is 1450. The number of rotatable bonds is 18. The van der Waals surface area contributed by atoms with Gasteiger partial charge in [-0.15, -0.1) is 0 Å². The van der Waals surface area contributed by atoms with Crippen molar-refractivity contribution in [2.75, 3.05) is 27.4 Å². The number of aliphatic hydroxyl groups is 1. The maximum atomic E-state index is 17.3. The summed E-state index contributed by atoms with van der Waals surface area (Å²) in [5, 5.41) is 11.9. The molecule has 1 aliphatic rings. The Hall–Kier alpha value is -4.02. The minimum absolute atomic E-state index is 0.217. The molecule has 294 valence electrons. The molecular formula is C38H54F2N4O9. The number of carbonyl (C=O) groups excluding carboxylic acids is 4. The van der Waals surface area contributed by atoms with Crippen LogP contribution in [-0.4, -0.2) is 103 Å². The zero-order chi connectivity index (χ0) is 39.1. The SMILES string of the molecule is COC[C@H](N)C(=O)N(C(=O)OCc1ccccc1)C(CC1CCCCC1)C(O)C(F)(F)C(C(C)C)N(C(=O)OCc1ccccc1)C(=O)[C@@H](N)COC.